The zero-order chi connectivity index (χ0) is 14.7. The van der Waals surface area contributed by atoms with Gasteiger partial charge in [-0.05, 0) is 32.8 Å². The monoisotopic (exact) mass is 278 g/mol. The molecule has 0 bridgehead atoms. The van der Waals surface area contributed by atoms with Gasteiger partial charge in [-0.3, -0.25) is 14.9 Å². The Labute approximate surface area is 117 Å². The third-order valence-electron chi connectivity index (χ3n) is 3.57. The number of nitro benzene ring substituents is 1. The van der Waals surface area contributed by atoms with Gasteiger partial charge < -0.3 is 10.1 Å². The Morgan fingerprint density at radius 1 is 1.50 bits per heavy atom. The van der Waals surface area contributed by atoms with E-state index in [-0.39, 0.29) is 23.7 Å². The molecule has 1 aromatic carbocycles. The summed E-state index contributed by atoms with van der Waals surface area (Å²) in [5.74, 6) is -0.259. The van der Waals surface area contributed by atoms with Gasteiger partial charge in [0.1, 0.15) is 0 Å². The van der Waals surface area contributed by atoms with Gasteiger partial charge in [0.25, 0.3) is 11.6 Å². The molecule has 6 nitrogen and oxygen atoms in total. The largest absolute Gasteiger partial charge is 0.378 e. The summed E-state index contributed by atoms with van der Waals surface area (Å²) < 4.78 is 5.43. The van der Waals surface area contributed by atoms with Crippen LogP contribution in [0, 0.1) is 17.0 Å². The van der Waals surface area contributed by atoms with Crippen molar-refractivity contribution in [1.29, 1.82) is 0 Å². The van der Waals surface area contributed by atoms with E-state index >= 15 is 0 Å². The predicted octanol–water partition coefficient (Wildman–Crippen LogP) is 2.20. The SMILES string of the molecule is Cc1c(C(=O)N[C@H]2CCO[C@@H](C)C2)cccc1[N+](=O)[O-]. The van der Waals surface area contributed by atoms with Gasteiger partial charge in [0.2, 0.25) is 0 Å². The first-order chi connectivity index (χ1) is 9.49. The molecule has 1 N–H and O–H groups in total. The molecule has 0 saturated carbocycles. The van der Waals surface area contributed by atoms with Gasteiger partial charge in [-0.1, -0.05) is 6.07 Å². The van der Waals surface area contributed by atoms with Crippen LogP contribution in [0.15, 0.2) is 18.2 Å². The first-order valence-corrected chi connectivity index (χ1v) is 6.65. The summed E-state index contributed by atoms with van der Waals surface area (Å²) in [6.07, 6.45) is 1.66. The van der Waals surface area contributed by atoms with E-state index in [1.165, 1.54) is 12.1 Å². The van der Waals surface area contributed by atoms with Crippen molar-refractivity contribution in [2.75, 3.05) is 6.61 Å². The average Bonchev–Trinajstić information content (AvgIpc) is 2.38. The maximum atomic E-state index is 12.2. The molecule has 0 spiro atoms. The quantitative estimate of drug-likeness (QED) is 0.678. The number of benzene rings is 1. The lowest BCUT2D eigenvalue weighted by Gasteiger charge is -2.28. The summed E-state index contributed by atoms with van der Waals surface area (Å²) in [4.78, 5) is 22.7. The maximum absolute atomic E-state index is 12.2. The van der Waals surface area contributed by atoms with E-state index < -0.39 is 4.92 Å². The van der Waals surface area contributed by atoms with E-state index in [1.54, 1.807) is 13.0 Å². The Morgan fingerprint density at radius 3 is 2.90 bits per heavy atom. The zero-order valence-electron chi connectivity index (χ0n) is 11.6. The molecular weight excluding hydrogens is 260 g/mol. The highest BCUT2D eigenvalue weighted by atomic mass is 16.6. The van der Waals surface area contributed by atoms with Crippen LogP contribution < -0.4 is 5.32 Å². The second-order valence-corrected chi connectivity index (χ2v) is 5.08. The fourth-order valence-electron chi connectivity index (χ4n) is 2.46. The Kier molecular flexibility index (Phi) is 4.34. The molecular formula is C14H18N2O4. The third-order valence-corrected chi connectivity index (χ3v) is 3.57. The van der Waals surface area contributed by atoms with Crippen molar-refractivity contribution in [3.8, 4) is 0 Å². The van der Waals surface area contributed by atoms with Crippen molar-refractivity contribution in [3.63, 3.8) is 0 Å². The van der Waals surface area contributed by atoms with Crippen LogP contribution in [-0.2, 0) is 4.74 Å². The van der Waals surface area contributed by atoms with Crippen molar-refractivity contribution in [1.82, 2.24) is 5.32 Å². The maximum Gasteiger partial charge on any atom is 0.273 e. The summed E-state index contributed by atoms with van der Waals surface area (Å²) in [6, 6.07) is 4.61. The lowest BCUT2D eigenvalue weighted by molar-refractivity contribution is -0.385. The van der Waals surface area contributed by atoms with Gasteiger partial charge in [-0.2, -0.15) is 0 Å². The zero-order valence-corrected chi connectivity index (χ0v) is 11.6. The summed E-state index contributed by atoms with van der Waals surface area (Å²) in [7, 11) is 0. The summed E-state index contributed by atoms with van der Waals surface area (Å²) in [5, 5.41) is 13.8. The van der Waals surface area contributed by atoms with Crippen LogP contribution in [0.4, 0.5) is 5.69 Å². The molecule has 20 heavy (non-hydrogen) atoms. The van der Waals surface area contributed by atoms with Gasteiger partial charge in [0, 0.05) is 29.8 Å². The second-order valence-electron chi connectivity index (χ2n) is 5.08. The Balaban J connectivity index is 2.13. The second kappa shape index (κ2) is 6.00. The van der Waals surface area contributed by atoms with Crippen LogP contribution in [0.1, 0.15) is 35.7 Å². The Morgan fingerprint density at radius 2 is 2.25 bits per heavy atom. The molecule has 1 aliphatic heterocycles. The molecule has 108 valence electrons. The van der Waals surface area contributed by atoms with E-state index in [1.807, 2.05) is 6.92 Å². The van der Waals surface area contributed by atoms with Crippen molar-refractivity contribution >= 4 is 11.6 Å². The normalized spacial score (nSPS) is 22.3. The van der Waals surface area contributed by atoms with E-state index in [0.29, 0.717) is 17.7 Å². The van der Waals surface area contributed by atoms with Crippen molar-refractivity contribution in [3.05, 3.63) is 39.4 Å². The van der Waals surface area contributed by atoms with Gasteiger partial charge >= 0.3 is 0 Å². The number of nitrogens with one attached hydrogen (secondary N) is 1. The molecule has 2 atom stereocenters. The third kappa shape index (κ3) is 3.14. The topological polar surface area (TPSA) is 81.5 Å². The number of rotatable bonds is 3. The first kappa shape index (κ1) is 14.5. The number of ether oxygens (including phenoxy) is 1. The predicted molar refractivity (Wildman–Crippen MR) is 73.7 cm³/mol. The van der Waals surface area contributed by atoms with E-state index in [9.17, 15) is 14.9 Å². The fraction of sp³-hybridized carbons (Fsp3) is 0.500. The number of nitrogens with zero attached hydrogens (tertiary/aromatic N) is 1. The molecule has 1 aromatic rings. The van der Waals surface area contributed by atoms with Gasteiger partial charge in [0.05, 0.1) is 11.0 Å². The smallest absolute Gasteiger partial charge is 0.273 e. The molecule has 0 aromatic heterocycles. The number of carbonyl (C=O) groups is 1. The minimum absolute atomic E-state index is 0.0296. The van der Waals surface area contributed by atoms with Crippen LogP contribution >= 0.6 is 0 Å². The molecule has 1 amide bonds. The van der Waals surface area contributed by atoms with Crippen LogP contribution in [-0.4, -0.2) is 29.6 Å². The van der Waals surface area contributed by atoms with Crippen LogP contribution in [0.5, 0.6) is 0 Å². The highest BCUT2D eigenvalue weighted by Crippen LogP contribution is 2.21. The number of amides is 1. The van der Waals surface area contributed by atoms with E-state index in [4.69, 9.17) is 4.74 Å². The molecule has 0 radical (unpaired) electrons. The molecule has 1 fully saturated rings. The fourth-order valence-corrected chi connectivity index (χ4v) is 2.46. The molecule has 2 rings (SSSR count). The summed E-state index contributed by atoms with van der Waals surface area (Å²) in [6.45, 7) is 4.19. The molecule has 1 heterocycles. The Bertz CT molecular complexity index is 530. The summed E-state index contributed by atoms with van der Waals surface area (Å²) >= 11 is 0. The highest BCUT2D eigenvalue weighted by Gasteiger charge is 2.23. The van der Waals surface area contributed by atoms with Crippen LogP contribution in [0.3, 0.4) is 0 Å². The number of hydrogen-bond donors (Lipinski definition) is 1. The standard InChI is InChI=1S/C14H18N2O4/c1-9-8-11(6-7-20-9)15-14(17)12-4-3-5-13(10(12)2)16(18)19/h3-5,9,11H,6-8H2,1-2H3,(H,15,17)/t9-,11-/m0/s1. The van der Waals surface area contributed by atoms with Crippen molar-refractivity contribution in [2.45, 2.75) is 38.8 Å². The van der Waals surface area contributed by atoms with Crippen LogP contribution in [0.25, 0.3) is 0 Å². The van der Waals surface area contributed by atoms with Gasteiger partial charge in [0.15, 0.2) is 0 Å². The van der Waals surface area contributed by atoms with E-state index in [2.05, 4.69) is 5.32 Å². The minimum Gasteiger partial charge on any atom is -0.378 e. The molecule has 0 aliphatic carbocycles. The lowest BCUT2D eigenvalue weighted by atomic mass is 10.0. The molecule has 6 heteroatoms. The number of nitro groups is 1. The van der Waals surface area contributed by atoms with Crippen LogP contribution in [0.2, 0.25) is 0 Å². The minimum atomic E-state index is -0.470. The number of hydrogen-bond acceptors (Lipinski definition) is 4. The summed E-state index contributed by atoms with van der Waals surface area (Å²) in [5.41, 5.74) is 0.728. The lowest BCUT2D eigenvalue weighted by Crippen LogP contribution is -2.41. The van der Waals surface area contributed by atoms with Gasteiger partial charge in [-0.15, -0.1) is 0 Å². The van der Waals surface area contributed by atoms with Crippen molar-refractivity contribution in [2.24, 2.45) is 0 Å². The number of carbonyl (C=O) groups excluding carboxylic acids is 1. The molecule has 1 aliphatic rings. The molecule has 0 unspecified atom stereocenters. The highest BCUT2D eigenvalue weighted by molar-refractivity contribution is 5.96. The van der Waals surface area contributed by atoms with Gasteiger partial charge in [-0.25, -0.2) is 0 Å². The molecule has 1 saturated heterocycles. The van der Waals surface area contributed by atoms with Crippen molar-refractivity contribution < 1.29 is 14.5 Å². The first-order valence-electron chi connectivity index (χ1n) is 6.65. The average molecular weight is 278 g/mol. The van der Waals surface area contributed by atoms with E-state index in [0.717, 1.165) is 12.8 Å². The Hall–Kier alpha value is -1.95.